The van der Waals surface area contributed by atoms with Gasteiger partial charge >= 0.3 is 6.09 Å². The Morgan fingerprint density at radius 1 is 1.02 bits per heavy atom. The number of fused-ring (bicyclic) bond motifs is 1. The van der Waals surface area contributed by atoms with Crippen LogP contribution in [-0.2, 0) is 5.41 Å². The Kier molecular flexibility index (Phi) is 7.52. The summed E-state index contributed by atoms with van der Waals surface area (Å²) in [6, 6.07) is 15.7. The lowest BCUT2D eigenvalue weighted by molar-refractivity contribution is 0.0768. The van der Waals surface area contributed by atoms with Crippen LogP contribution in [0.5, 0.6) is 5.06 Å². The monoisotopic (exact) mass is 576 g/mol. The van der Waals surface area contributed by atoms with Crippen molar-refractivity contribution in [1.29, 1.82) is 0 Å². The summed E-state index contributed by atoms with van der Waals surface area (Å²) >= 11 is 3.37. The summed E-state index contributed by atoms with van der Waals surface area (Å²) in [5, 5.41) is 2.48. The minimum Gasteiger partial charge on any atom is -0.399 e. The molecule has 1 aliphatic carbocycles. The van der Waals surface area contributed by atoms with E-state index in [-0.39, 0.29) is 17.4 Å². The number of rotatable bonds is 6. The molecule has 2 saturated heterocycles. The number of amides is 2. The number of nitrogens with zero attached hydrogens (tertiary/aromatic N) is 4. The normalized spacial score (nSPS) is 22.1. The van der Waals surface area contributed by atoms with Gasteiger partial charge < -0.3 is 14.5 Å². The quantitative estimate of drug-likeness (QED) is 0.358. The number of piperidine rings is 1. The molecule has 210 valence electrons. The van der Waals surface area contributed by atoms with Gasteiger partial charge in [-0.15, -0.1) is 11.3 Å². The summed E-state index contributed by atoms with van der Waals surface area (Å²) in [6.07, 6.45) is 1.41. The van der Waals surface area contributed by atoms with Crippen LogP contribution in [0.3, 0.4) is 0 Å². The SMILES string of the molecule is CC(C)(C)c1ccc(C(=O)N2CC3C(C2)C3CN(C(=O)Oc2cccs2)c2ccc(N3CCSCC3)nc2)cc1. The van der Waals surface area contributed by atoms with E-state index in [1.165, 1.54) is 16.9 Å². The van der Waals surface area contributed by atoms with Gasteiger partial charge in [-0.2, -0.15) is 11.8 Å². The number of ether oxygens (including phenoxy) is 1. The third-order valence-corrected chi connectivity index (χ3v) is 10.0. The third-order valence-electron chi connectivity index (χ3n) is 8.33. The van der Waals surface area contributed by atoms with Gasteiger partial charge in [0, 0.05) is 49.8 Å². The lowest BCUT2D eigenvalue weighted by Crippen LogP contribution is -2.38. The molecule has 4 heterocycles. The second-order valence-electron chi connectivity index (χ2n) is 11.9. The van der Waals surface area contributed by atoms with Gasteiger partial charge in [-0.05, 0) is 70.5 Å². The number of carbonyl (C=O) groups is 2. The van der Waals surface area contributed by atoms with Crippen molar-refractivity contribution in [3.8, 4) is 5.06 Å². The molecule has 1 aromatic carbocycles. The lowest BCUT2D eigenvalue weighted by atomic mass is 9.86. The number of thiophene rings is 1. The Morgan fingerprint density at radius 2 is 1.75 bits per heavy atom. The molecule has 3 aromatic rings. The topological polar surface area (TPSA) is 66.0 Å². The third kappa shape index (κ3) is 5.72. The van der Waals surface area contributed by atoms with Gasteiger partial charge in [0.05, 0.1) is 11.9 Å². The first-order chi connectivity index (χ1) is 19.3. The maximum atomic E-state index is 13.3. The Labute approximate surface area is 244 Å². The van der Waals surface area contributed by atoms with Crippen molar-refractivity contribution in [2.75, 3.05) is 54.0 Å². The number of pyridine rings is 1. The average molecular weight is 577 g/mol. The van der Waals surface area contributed by atoms with E-state index < -0.39 is 0 Å². The molecule has 0 N–H and O–H groups in total. The maximum absolute atomic E-state index is 13.3. The van der Waals surface area contributed by atoms with E-state index in [4.69, 9.17) is 9.72 Å². The highest BCUT2D eigenvalue weighted by Gasteiger charge is 2.57. The van der Waals surface area contributed by atoms with Gasteiger partial charge in [-0.1, -0.05) is 32.9 Å². The number of likely N-dealkylation sites (tertiary alicyclic amines) is 1. The van der Waals surface area contributed by atoms with Crippen LogP contribution in [0.1, 0.15) is 36.7 Å². The predicted molar refractivity (Wildman–Crippen MR) is 163 cm³/mol. The Morgan fingerprint density at radius 3 is 2.35 bits per heavy atom. The van der Waals surface area contributed by atoms with Crippen LogP contribution >= 0.6 is 23.1 Å². The van der Waals surface area contributed by atoms with Crippen molar-refractivity contribution >= 4 is 46.6 Å². The van der Waals surface area contributed by atoms with Gasteiger partial charge in [0.2, 0.25) is 0 Å². The number of hydrogen-bond acceptors (Lipinski definition) is 7. The van der Waals surface area contributed by atoms with E-state index in [1.54, 1.807) is 17.2 Å². The highest BCUT2D eigenvalue weighted by Crippen LogP contribution is 2.52. The second kappa shape index (κ2) is 11.1. The second-order valence-corrected chi connectivity index (χ2v) is 14.0. The molecular formula is C31H36N4O3S2. The van der Waals surface area contributed by atoms with Crippen LogP contribution in [0.25, 0.3) is 0 Å². The maximum Gasteiger partial charge on any atom is 0.420 e. The van der Waals surface area contributed by atoms with Crippen molar-refractivity contribution in [2.45, 2.75) is 26.2 Å². The minimum atomic E-state index is -0.386. The van der Waals surface area contributed by atoms with Gasteiger partial charge in [-0.25, -0.2) is 9.78 Å². The first-order valence-electron chi connectivity index (χ1n) is 14.0. The molecule has 2 aromatic heterocycles. The fourth-order valence-electron chi connectivity index (χ4n) is 5.86. The molecule has 3 aliphatic rings. The van der Waals surface area contributed by atoms with E-state index >= 15 is 0 Å². The lowest BCUT2D eigenvalue weighted by Gasteiger charge is -2.28. The van der Waals surface area contributed by atoms with Crippen LogP contribution < -0.4 is 14.5 Å². The zero-order chi connectivity index (χ0) is 27.9. The zero-order valence-electron chi connectivity index (χ0n) is 23.3. The highest BCUT2D eigenvalue weighted by molar-refractivity contribution is 7.99. The van der Waals surface area contributed by atoms with Crippen LogP contribution in [0, 0.1) is 17.8 Å². The first kappa shape index (κ1) is 27.1. The Hall–Kier alpha value is -3.04. The summed E-state index contributed by atoms with van der Waals surface area (Å²) in [5.74, 6) is 4.38. The van der Waals surface area contributed by atoms with Crippen LogP contribution in [0.4, 0.5) is 16.3 Å². The van der Waals surface area contributed by atoms with Gasteiger partial charge in [-0.3, -0.25) is 9.69 Å². The van der Waals surface area contributed by atoms with Gasteiger partial charge in [0.15, 0.2) is 5.06 Å². The molecular weight excluding hydrogens is 541 g/mol. The number of carbonyl (C=O) groups excluding carboxylic acids is 2. The predicted octanol–water partition coefficient (Wildman–Crippen LogP) is 6.02. The van der Waals surface area contributed by atoms with Crippen LogP contribution in [-0.4, -0.2) is 66.1 Å². The molecule has 0 spiro atoms. The summed E-state index contributed by atoms with van der Waals surface area (Å²) < 4.78 is 5.72. The summed E-state index contributed by atoms with van der Waals surface area (Å²) in [5.41, 5.74) is 2.77. The van der Waals surface area contributed by atoms with Crippen LogP contribution in [0.2, 0.25) is 0 Å². The fraction of sp³-hybridized carbons (Fsp3) is 0.452. The molecule has 2 unspecified atom stereocenters. The molecule has 2 atom stereocenters. The number of anilines is 2. The summed E-state index contributed by atoms with van der Waals surface area (Å²) in [4.78, 5) is 37.2. The largest absolute Gasteiger partial charge is 0.420 e. The van der Waals surface area contributed by atoms with E-state index in [1.807, 2.05) is 52.4 Å². The molecule has 2 amide bonds. The fourth-order valence-corrected chi connectivity index (χ4v) is 7.33. The molecule has 9 heteroatoms. The highest BCUT2D eigenvalue weighted by atomic mass is 32.2. The molecule has 3 fully saturated rings. The molecule has 2 aliphatic heterocycles. The number of hydrogen-bond donors (Lipinski definition) is 0. The molecule has 1 saturated carbocycles. The van der Waals surface area contributed by atoms with E-state index in [9.17, 15) is 9.59 Å². The first-order valence-corrected chi connectivity index (χ1v) is 16.0. The number of benzene rings is 1. The van der Waals surface area contributed by atoms with E-state index in [2.05, 4.69) is 37.8 Å². The molecule has 7 nitrogen and oxygen atoms in total. The molecule has 6 rings (SSSR count). The Balaban J connectivity index is 1.12. The zero-order valence-corrected chi connectivity index (χ0v) is 24.9. The summed E-state index contributed by atoms with van der Waals surface area (Å²) in [7, 11) is 0. The number of aromatic nitrogens is 1. The van der Waals surface area contributed by atoms with E-state index in [0.29, 0.717) is 29.4 Å². The van der Waals surface area contributed by atoms with Gasteiger partial charge in [0.25, 0.3) is 5.91 Å². The van der Waals surface area contributed by atoms with Crippen molar-refractivity contribution in [3.63, 3.8) is 0 Å². The molecule has 0 bridgehead atoms. The van der Waals surface area contributed by atoms with Crippen molar-refractivity contribution in [1.82, 2.24) is 9.88 Å². The average Bonchev–Trinajstić information content (AvgIpc) is 3.32. The van der Waals surface area contributed by atoms with Gasteiger partial charge in [0.1, 0.15) is 5.82 Å². The van der Waals surface area contributed by atoms with Crippen molar-refractivity contribution in [3.05, 3.63) is 71.2 Å². The van der Waals surface area contributed by atoms with Crippen molar-refractivity contribution < 1.29 is 14.3 Å². The van der Waals surface area contributed by atoms with Crippen molar-refractivity contribution in [2.24, 2.45) is 17.8 Å². The van der Waals surface area contributed by atoms with Crippen LogP contribution in [0.15, 0.2) is 60.1 Å². The molecule has 40 heavy (non-hydrogen) atoms. The standard InChI is InChI=1S/C31H36N4O3S2/c1-31(2,3)22-8-6-21(7-9-22)29(36)34-18-24-25(19-34)26(24)20-35(30(37)38-28-5-4-14-40-28)23-10-11-27(32-17-23)33-12-15-39-16-13-33/h4-11,14,17,24-26H,12-13,15-16,18-20H2,1-3H3. The smallest absolute Gasteiger partial charge is 0.399 e. The molecule has 0 radical (unpaired) electrons. The minimum absolute atomic E-state index is 0.0587. The number of thioether (sulfide) groups is 1. The van der Waals surface area contributed by atoms with E-state index in [0.717, 1.165) is 54.8 Å². The Bertz CT molecular complexity index is 1320. The summed E-state index contributed by atoms with van der Waals surface area (Å²) in [6.45, 7) is 10.5.